The van der Waals surface area contributed by atoms with Crippen molar-refractivity contribution in [3.63, 3.8) is 0 Å². The summed E-state index contributed by atoms with van der Waals surface area (Å²) in [7, 11) is -12.1. The molecule has 2 atom stereocenters. The van der Waals surface area contributed by atoms with E-state index in [2.05, 4.69) is 53.8 Å². The molecule has 1 aromatic heterocycles. The molecule has 0 aliphatic heterocycles. The fraction of sp³-hybridized carbons (Fsp3) is 0.594. The van der Waals surface area contributed by atoms with Crippen LogP contribution in [0, 0.1) is 5.41 Å². The third-order valence-electron chi connectivity index (χ3n) is 9.15. The Morgan fingerprint density at radius 3 is 2.12 bits per heavy atom. The van der Waals surface area contributed by atoms with E-state index in [1.165, 1.54) is 0 Å². The molecule has 0 radical (unpaired) electrons. The van der Waals surface area contributed by atoms with Gasteiger partial charge in [0.2, 0.25) is 0 Å². The third-order valence-corrected chi connectivity index (χ3v) is 14.8. The Morgan fingerprint density at radius 1 is 1.05 bits per heavy atom. The van der Waals surface area contributed by atoms with E-state index in [4.69, 9.17) is 9.41 Å². The lowest BCUT2D eigenvalue weighted by atomic mass is 9.71. The van der Waals surface area contributed by atoms with Crippen molar-refractivity contribution in [2.45, 2.75) is 122 Å². The van der Waals surface area contributed by atoms with Crippen molar-refractivity contribution < 1.29 is 29.0 Å². The molecule has 0 amide bonds. The molecule has 0 spiro atoms. The van der Waals surface area contributed by atoms with E-state index in [1.807, 2.05) is 13.8 Å². The standard InChI is InChI=1S/C32H46F5NO2SSi/c1-20(2)29-28(30(39)22-14-16-23(17-15-22)41(33,34,35,36)37)26(21-12-10-11-13-21)27-24(38-29)18-32(6,7)19-25(27)40-42(8,9)31(3,4)5/h12,14-17,20,25,30,39H,10-11,13,18-19H2,1-9H3/t25?,30-/m1/s1. The molecule has 0 saturated heterocycles. The summed E-state index contributed by atoms with van der Waals surface area (Å²) in [6.45, 7) is 19.4. The maximum atomic E-state index is 13.5. The molecule has 2 aliphatic rings. The minimum absolute atomic E-state index is 0.0419. The Labute approximate surface area is 248 Å². The van der Waals surface area contributed by atoms with E-state index in [1.54, 1.807) is 0 Å². The molecular weight excluding hydrogens is 585 g/mol. The van der Waals surface area contributed by atoms with Gasteiger partial charge < -0.3 is 9.53 Å². The van der Waals surface area contributed by atoms with Gasteiger partial charge in [-0.05, 0) is 90.4 Å². The topological polar surface area (TPSA) is 42.4 Å². The molecule has 1 N–H and O–H groups in total. The molecule has 236 valence electrons. The Hall–Kier alpha value is -1.75. The Kier molecular flexibility index (Phi) is 7.79. The van der Waals surface area contributed by atoms with Crippen molar-refractivity contribution in [2.24, 2.45) is 5.41 Å². The molecular formula is C32H46F5NO2SSi. The fourth-order valence-electron chi connectivity index (χ4n) is 5.96. The summed E-state index contributed by atoms with van der Waals surface area (Å²) in [5.41, 5.74) is 5.11. The maximum Gasteiger partial charge on any atom is 0.310 e. The monoisotopic (exact) mass is 631 g/mol. The highest BCUT2D eigenvalue weighted by atomic mass is 32.5. The number of halogens is 5. The predicted octanol–water partition coefficient (Wildman–Crippen LogP) is 11.5. The summed E-state index contributed by atoms with van der Waals surface area (Å²) >= 11 is 0. The number of aliphatic hydroxyl groups is 1. The summed E-state index contributed by atoms with van der Waals surface area (Å²) < 4.78 is 74.4. The molecule has 2 aromatic rings. The average Bonchev–Trinajstić information content (AvgIpc) is 3.34. The first-order valence-corrected chi connectivity index (χ1v) is 19.6. The van der Waals surface area contributed by atoms with Crippen LogP contribution in [-0.2, 0) is 10.8 Å². The molecule has 2 aliphatic carbocycles. The zero-order chi connectivity index (χ0) is 31.7. The molecule has 0 bridgehead atoms. The van der Waals surface area contributed by atoms with Gasteiger partial charge in [0.25, 0.3) is 0 Å². The van der Waals surface area contributed by atoms with Gasteiger partial charge in [0.15, 0.2) is 8.32 Å². The van der Waals surface area contributed by atoms with Crippen LogP contribution in [0.3, 0.4) is 0 Å². The van der Waals surface area contributed by atoms with Crippen LogP contribution in [0.25, 0.3) is 5.57 Å². The highest BCUT2D eigenvalue weighted by molar-refractivity contribution is 8.45. The lowest BCUT2D eigenvalue weighted by molar-refractivity contribution is 0.105. The zero-order valence-electron chi connectivity index (χ0n) is 26.3. The first-order valence-electron chi connectivity index (χ1n) is 14.8. The molecule has 10 heteroatoms. The van der Waals surface area contributed by atoms with Crippen LogP contribution in [0.4, 0.5) is 19.4 Å². The third kappa shape index (κ3) is 6.66. The maximum absolute atomic E-state index is 13.5. The van der Waals surface area contributed by atoms with Gasteiger partial charge in [0.05, 0.1) is 6.10 Å². The molecule has 42 heavy (non-hydrogen) atoms. The second-order valence-corrected chi connectivity index (χ2v) is 21.9. The number of benzene rings is 1. The first kappa shape index (κ1) is 33.1. The fourth-order valence-corrected chi connectivity index (χ4v) is 7.88. The number of aromatic nitrogens is 1. The van der Waals surface area contributed by atoms with Gasteiger partial charge in [-0.3, -0.25) is 4.98 Å². The van der Waals surface area contributed by atoms with Gasteiger partial charge in [-0.25, -0.2) is 0 Å². The second-order valence-electron chi connectivity index (χ2n) is 14.8. The highest BCUT2D eigenvalue weighted by Crippen LogP contribution is 3.02. The van der Waals surface area contributed by atoms with Crippen molar-refractivity contribution in [2.75, 3.05) is 0 Å². The van der Waals surface area contributed by atoms with E-state index >= 15 is 0 Å². The number of hydrogen-bond donors (Lipinski definition) is 1. The molecule has 3 nitrogen and oxygen atoms in total. The number of pyridine rings is 1. The predicted molar refractivity (Wildman–Crippen MR) is 165 cm³/mol. The lowest BCUT2D eigenvalue weighted by Gasteiger charge is -2.45. The van der Waals surface area contributed by atoms with Crippen LogP contribution in [0.1, 0.15) is 126 Å². The van der Waals surface area contributed by atoms with Crippen LogP contribution >= 0.6 is 10.2 Å². The molecule has 0 fully saturated rings. The molecule has 1 unspecified atom stereocenters. The zero-order valence-corrected chi connectivity index (χ0v) is 28.1. The van der Waals surface area contributed by atoms with Gasteiger partial charge in [0.1, 0.15) is 11.0 Å². The molecule has 1 aromatic carbocycles. The number of aliphatic hydroxyl groups excluding tert-OH is 1. The normalized spacial score (nSPS) is 21.9. The highest BCUT2D eigenvalue weighted by Gasteiger charge is 2.65. The van der Waals surface area contributed by atoms with E-state index < -0.39 is 29.5 Å². The van der Waals surface area contributed by atoms with Crippen molar-refractivity contribution in [3.05, 3.63) is 64.0 Å². The van der Waals surface area contributed by atoms with Gasteiger partial charge in [-0.2, -0.15) is 0 Å². The van der Waals surface area contributed by atoms with Crippen LogP contribution < -0.4 is 0 Å². The smallest absolute Gasteiger partial charge is 0.310 e. The van der Waals surface area contributed by atoms with Gasteiger partial charge in [-0.15, -0.1) is 0 Å². The average molecular weight is 632 g/mol. The van der Waals surface area contributed by atoms with Gasteiger partial charge in [-0.1, -0.05) is 86.1 Å². The van der Waals surface area contributed by atoms with Crippen LogP contribution in [0.15, 0.2) is 35.2 Å². The SMILES string of the molecule is CC(C)c1nc2c(c(C3=CCCC3)c1[C@H](O)c1ccc(S(F)(F)(F)(F)F)cc1)C(O[Si](C)(C)C(C)(C)C)CC(C)(C)C2. The Morgan fingerprint density at radius 2 is 1.64 bits per heavy atom. The van der Waals surface area contributed by atoms with Crippen molar-refractivity contribution in [1.29, 1.82) is 0 Å². The van der Waals surface area contributed by atoms with Crippen LogP contribution in [0.5, 0.6) is 0 Å². The summed E-state index contributed by atoms with van der Waals surface area (Å²) in [5, 5.41) is 11.8. The van der Waals surface area contributed by atoms with E-state index in [9.17, 15) is 24.5 Å². The molecule has 4 rings (SSSR count). The number of allylic oxidation sites excluding steroid dienone is 2. The molecule has 0 saturated carbocycles. The Bertz CT molecular complexity index is 1400. The minimum atomic E-state index is -9.85. The first-order chi connectivity index (χ1) is 18.8. The van der Waals surface area contributed by atoms with E-state index in [0.717, 1.165) is 66.6 Å². The van der Waals surface area contributed by atoms with Gasteiger partial charge >= 0.3 is 10.2 Å². The van der Waals surface area contributed by atoms with Crippen molar-refractivity contribution in [3.8, 4) is 0 Å². The summed E-state index contributed by atoms with van der Waals surface area (Å²) in [4.78, 5) is 3.19. The number of nitrogens with zero attached hydrogens (tertiary/aromatic N) is 1. The second kappa shape index (κ2) is 9.88. The quantitative estimate of drug-likeness (QED) is 0.244. The van der Waals surface area contributed by atoms with Crippen LogP contribution in [-0.4, -0.2) is 18.4 Å². The largest absolute Gasteiger partial charge is 0.410 e. The summed E-state index contributed by atoms with van der Waals surface area (Å²) in [6, 6.07) is 2.67. The number of hydrogen-bond acceptors (Lipinski definition) is 3. The Balaban J connectivity index is 1.99. The van der Waals surface area contributed by atoms with Crippen LogP contribution in [0.2, 0.25) is 18.1 Å². The minimum Gasteiger partial charge on any atom is -0.410 e. The van der Waals surface area contributed by atoms with Gasteiger partial charge in [0, 0.05) is 22.5 Å². The lowest BCUT2D eigenvalue weighted by Crippen LogP contribution is -2.44. The summed E-state index contributed by atoms with van der Waals surface area (Å²) in [6.07, 6.45) is 4.69. The van der Waals surface area contributed by atoms with Crippen molar-refractivity contribution in [1.82, 2.24) is 4.98 Å². The summed E-state index contributed by atoms with van der Waals surface area (Å²) in [5.74, 6) is -0.102. The van der Waals surface area contributed by atoms with Crippen molar-refractivity contribution >= 4 is 24.1 Å². The number of fused-ring (bicyclic) bond motifs is 1. The van der Waals surface area contributed by atoms with E-state index in [-0.39, 0.29) is 28.0 Å². The van der Waals surface area contributed by atoms with E-state index in [0.29, 0.717) is 23.4 Å². The molecule has 1 heterocycles. The number of rotatable bonds is 7.